The van der Waals surface area contributed by atoms with E-state index in [1.165, 1.54) is 6.07 Å². The summed E-state index contributed by atoms with van der Waals surface area (Å²) in [6, 6.07) is 9.97. The first-order chi connectivity index (χ1) is 8.99. The molecule has 0 radical (unpaired) electrons. The number of anilines is 1. The predicted octanol–water partition coefficient (Wildman–Crippen LogP) is 3.90. The molecule has 0 aliphatic rings. The Morgan fingerprint density at radius 2 is 2.05 bits per heavy atom. The SMILES string of the molecule is Cc1ccc(N)c(C(=O)Cc2cccc(F)c2Br)c1. The molecule has 2 N–H and O–H groups in total. The fraction of sp³-hybridized carbons (Fsp3) is 0.133. The van der Waals surface area contributed by atoms with Crippen molar-refractivity contribution in [3.63, 3.8) is 0 Å². The third-order valence-electron chi connectivity index (χ3n) is 2.89. The van der Waals surface area contributed by atoms with E-state index in [1.54, 1.807) is 24.3 Å². The zero-order valence-corrected chi connectivity index (χ0v) is 12.0. The Morgan fingerprint density at radius 3 is 2.79 bits per heavy atom. The first kappa shape index (κ1) is 13.7. The topological polar surface area (TPSA) is 43.1 Å². The van der Waals surface area contributed by atoms with Crippen molar-refractivity contribution in [3.8, 4) is 0 Å². The Bertz CT molecular complexity index is 640. The van der Waals surface area contributed by atoms with Crippen LogP contribution < -0.4 is 5.73 Å². The van der Waals surface area contributed by atoms with Crippen LogP contribution in [0.2, 0.25) is 0 Å². The highest BCUT2D eigenvalue weighted by Crippen LogP contribution is 2.23. The summed E-state index contributed by atoms with van der Waals surface area (Å²) < 4.78 is 13.7. The van der Waals surface area contributed by atoms with Crippen LogP contribution in [0.3, 0.4) is 0 Å². The second-order valence-corrected chi connectivity index (χ2v) is 5.20. The summed E-state index contributed by atoms with van der Waals surface area (Å²) in [5, 5.41) is 0. The Morgan fingerprint density at radius 1 is 1.32 bits per heavy atom. The Balaban J connectivity index is 2.31. The van der Waals surface area contributed by atoms with Crippen LogP contribution in [0, 0.1) is 12.7 Å². The second kappa shape index (κ2) is 5.53. The minimum atomic E-state index is -0.373. The van der Waals surface area contributed by atoms with Crippen molar-refractivity contribution in [2.45, 2.75) is 13.3 Å². The van der Waals surface area contributed by atoms with Gasteiger partial charge in [0.25, 0.3) is 0 Å². The van der Waals surface area contributed by atoms with Gasteiger partial charge in [-0.05, 0) is 46.6 Å². The number of carbonyl (C=O) groups is 1. The van der Waals surface area contributed by atoms with Gasteiger partial charge in [0.2, 0.25) is 0 Å². The number of ketones is 1. The van der Waals surface area contributed by atoms with E-state index >= 15 is 0 Å². The van der Waals surface area contributed by atoms with Crippen LogP contribution in [0.1, 0.15) is 21.5 Å². The molecule has 2 nitrogen and oxygen atoms in total. The van der Waals surface area contributed by atoms with Crippen molar-refractivity contribution in [1.29, 1.82) is 0 Å². The molecule has 0 aliphatic carbocycles. The summed E-state index contributed by atoms with van der Waals surface area (Å²) >= 11 is 3.16. The minimum absolute atomic E-state index is 0.117. The molecule has 0 aromatic heterocycles. The zero-order chi connectivity index (χ0) is 14.0. The summed E-state index contributed by atoms with van der Waals surface area (Å²) in [5.74, 6) is -0.491. The minimum Gasteiger partial charge on any atom is -0.398 e. The molecule has 2 aromatic rings. The van der Waals surface area contributed by atoms with Crippen molar-refractivity contribution in [2.24, 2.45) is 0 Å². The Kier molecular flexibility index (Phi) is 4.00. The van der Waals surface area contributed by atoms with Crippen LogP contribution in [0.5, 0.6) is 0 Å². The van der Waals surface area contributed by atoms with E-state index in [9.17, 15) is 9.18 Å². The van der Waals surface area contributed by atoms with Gasteiger partial charge in [0.1, 0.15) is 5.82 Å². The molecule has 0 saturated heterocycles. The number of hydrogen-bond acceptors (Lipinski definition) is 2. The Labute approximate surface area is 119 Å². The van der Waals surface area contributed by atoms with Gasteiger partial charge in [0.15, 0.2) is 5.78 Å². The van der Waals surface area contributed by atoms with E-state index in [4.69, 9.17) is 5.73 Å². The van der Waals surface area contributed by atoms with Crippen LogP contribution in [-0.4, -0.2) is 5.78 Å². The Hall–Kier alpha value is -1.68. The number of nitrogen functional groups attached to an aromatic ring is 1. The van der Waals surface area contributed by atoms with Gasteiger partial charge >= 0.3 is 0 Å². The van der Waals surface area contributed by atoms with Gasteiger partial charge in [-0.1, -0.05) is 23.8 Å². The highest BCUT2D eigenvalue weighted by atomic mass is 79.9. The molecule has 19 heavy (non-hydrogen) atoms. The van der Waals surface area contributed by atoms with E-state index in [1.807, 2.05) is 13.0 Å². The lowest BCUT2D eigenvalue weighted by Gasteiger charge is -2.08. The highest BCUT2D eigenvalue weighted by molar-refractivity contribution is 9.10. The van der Waals surface area contributed by atoms with Crippen LogP contribution in [-0.2, 0) is 6.42 Å². The first-order valence-electron chi connectivity index (χ1n) is 5.81. The van der Waals surface area contributed by atoms with Gasteiger partial charge in [0, 0.05) is 17.7 Å². The maximum Gasteiger partial charge on any atom is 0.169 e. The lowest BCUT2D eigenvalue weighted by Crippen LogP contribution is -2.08. The van der Waals surface area contributed by atoms with Gasteiger partial charge < -0.3 is 5.73 Å². The van der Waals surface area contributed by atoms with Crippen LogP contribution in [0.25, 0.3) is 0 Å². The first-order valence-corrected chi connectivity index (χ1v) is 6.60. The normalized spacial score (nSPS) is 10.5. The molecule has 0 spiro atoms. The molecule has 0 saturated carbocycles. The van der Waals surface area contributed by atoms with Gasteiger partial charge in [-0.15, -0.1) is 0 Å². The van der Waals surface area contributed by atoms with Crippen LogP contribution >= 0.6 is 15.9 Å². The van der Waals surface area contributed by atoms with E-state index in [-0.39, 0.29) is 18.0 Å². The van der Waals surface area contributed by atoms with Gasteiger partial charge in [-0.25, -0.2) is 4.39 Å². The van der Waals surface area contributed by atoms with E-state index in [0.29, 0.717) is 21.3 Å². The van der Waals surface area contributed by atoms with Crippen molar-refractivity contribution in [2.75, 3.05) is 5.73 Å². The number of hydrogen-bond donors (Lipinski definition) is 1. The van der Waals surface area contributed by atoms with Gasteiger partial charge in [-0.2, -0.15) is 0 Å². The molecule has 98 valence electrons. The standard InChI is InChI=1S/C15H13BrFNO/c1-9-5-6-13(18)11(7-9)14(19)8-10-3-2-4-12(17)15(10)16/h2-7H,8,18H2,1H3. The zero-order valence-electron chi connectivity index (χ0n) is 10.4. The average Bonchev–Trinajstić information content (AvgIpc) is 2.38. The van der Waals surface area contributed by atoms with Crippen molar-refractivity contribution in [1.82, 2.24) is 0 Å². The molecule has 0 atom stereocenters. The van der Waals surface area contributed by atoms with E-state index in [2.05, 4.69) is 15.9 Å². The molecule has 0 amide bonds. The third kappa shape index (κ3) is 3.01. The van der Waals surface area contributed by atoms with Crippen LogP contribution in [0.4, 0.5) is 10.1 Å². The maximum atomic E-state index is 13.4. The molecule has 0 heterocycles. The summed E-state index contributed by atoms with van der Waals surface area (Å²) in [5.41, 5.74) is 8.32. The van der Waals surface area contributed by atoms with Crippen molar-refractivity contribution < 1.29 is 9.18 Å². The fourth-order valence-electron chi connectivity index (χ4n) is 1.86. The lowest BCUT2D eigenvalue weighted by atomic mass is 10.00. The summed E-state index contributed by atoms with van der Waals surface area (Å²) in [6.45, 7) is 1.90. The number of carbonyl (C=O) groups excluding carboxylic acids is 1. The number of benzene rings is 2. The largest absolute Gasteiger partial charge is 0.398 e. The van der Waals surface area contributed by atoms with Crippen molar-refractivity contribution >= 4 is 27.4 Å². The molecule has 2 rings (SSSR count). The van der Waals surface area contributed by atoms with Gasteiger partial charge in [0.05, 0.1) is 4.47 Å². The van der Waals surface area contributed by atoms with E-state index in [0.717, 1.165) is 5.56 Å². The van der Waals surface area contributed by atoms with E-state index < -0.39 is 0 Å². The van der Waals surface area contributed by atoms with Gasteiger partial charge in [-0.3, -0.25) is 4.79 Å². The molecule has 0 aliphatic heterocycles. The monoisotopic (exact) mass is 321 g/mol. The molecule has 0 unspecified atom stereocenters. The molecule has 4 heteroatoms. The molecule has 0 bridgehead atoms. The number of Topliss-reactive ketones (excluding diaryl/α,β-unsaturated/α-hetero) is 1. The quantitative estimate of drug-likeness (QED) is 0.688. The lowest BCUT2D eigenvalue weighted by molar-refractivity contribution is 0.0993. The fourth-order valence-corrected chi connectivity index (χ4v) is 2.27. The molecule has 0 fully saturated rings. The summed E-state index contributed by atoms with van der Waals surface area (Å²) in [4.78, 5) is 12.2. The molecular weight excluding hydrogens is 309 g/mol. The van der Waals surface area contributed by atoms with Crippen molar-refractivity contribution in [3.05, 3.63) is 63.4 Å². The second-order valence-electron chi connectivity index (χ2n) is 4.40. The third-order valence-corrected chi connectivity index (χ3v) is 3.78. The molecular formula is C15H13BrFNO. The smallest absolute Gasteiger partial charge is 0.169 e. The molecule has 2 aromatic carbocycles. The summed E-state index contributed by atoms with van der Waals surface area (Å²) in [7, 11) is 0. The summed E-state index contributed by atoms with van der Waals surface area (Å²) in [6.07, 6.45) is 0.117. The highest BCUT2D eigenvalue weighted by Gasteiger charge is 2.14. The van der Waals surface area contributed by atoms with Crippen LogP contribution in [0.15, 0.2) is 40.9 Å². The maximum absolute atomic E-state index is 13.4. The predicted molar refractivity (Wildman–Crippen MR) is 77.7 cm³/mol. The number of nitrogens with two attached hydrogens (primary N) is 1. The number of aryl methyl sites for hydroxylation is 1. The number of rotatable bonds is 3. The number of halogens is 2. The average molecular weight is 322 g/mol.